The molecule has 0 fully saturated rings. The lowest BCUT2D eigenvalue weighted by Crippen LogP contribution is -2.38. The molecule has 1 aliphatic rings. The van der Waals surface area contributed by atoms with Crippen LogP contribution in [0.5, 0.6) is 0 Å². The fourth-order valence-electron chi connectivity index (χ4n) is 3.60. The van der Waals surface area contributed by atoms with Crippen molar-refractivity contribution in [1.29, 1.82) is 0 Å². The molecule has 9 heteroatoms. The van der Waals surface area contributed by atoms with Crippen molar-refractivity contribution in [2.45, 2.75) is 38.8 Å². The number of hydrogen-bond donors (Lipinski definition) is 2. The Morgan fingerprint density at radius 1 is 1.23 bits per heavy atom. The smallest absolute Gasteiger partial charge is 0.239 e. The van der Waals surface area contributed by atoms with Gasteiger partial charge in [-0.3, -0.25) is 14.4 Å². The second-order valence-electron chi connectivity index (χ2n) is 7.80. The van der Waals surface area contributed by atoms with Crippen LogP contribution in [0.3, 0.4) is 0 Å². The molecule has 0 unspecified atom stereocenters. The van der Waals surface area contributed by atoms with E-state index in [0.717, 1.165) is 11.1 Å². The Bertz CT molecular complexity index is 1080. The summed E-state index contributed by atoms with van der Waals surface area (Å²) >= 11 is 0. The van der Waals surface area contributed by atoms with Crippen molar-refractivity contribution >= 4 is 23.4 Å². The number of aliphatic hydroxyl groups is 1. The van der Waals surface area contributed by atoms with E-state index in [9.17, 15) is 9.18 Å². The lowest BCUT2D eigenvalue weighted by Gasteiger charge is -2.26. The monoisotopic (exact) mass is 410 g/mol. The van der Waals surface area contributed by atoms with Crippen LogP contribution in [0.15, 0.2) is 42.9 Å². The Hall–Kier alpha value is -3.33. The van der Waals surface area contributed by atoms with Crippen LogP contribution in [-0.2, 0) is 16.8 Å². The highest BCUT2D eigenvalue weighted by molar-refractivity contribution is 6.07. The maximum atomic E-state index is 13.3. The molecule has 0 bridgehead atoms. The van der Waals surface area contributed by atoms with Crippen molar-refractivity contribution in [2.24, 2.45) is 0 Å². The molecule has 1 aliphatic heterocycles. The van der Waals surface area contributed by atoms with Crippen molar-refractivity contribution in [2.75, 3.05) is 16.8 Å². The third-order valence-corrected chi connectivity index (χ3v) is 5.38. The minimum absolute atomic E-state index is 0.0100. The quantitative estimate of drug-likeness (QED) is 0.649. The Morgan fingerprint density at radius 2 is 1.97 bits per heavy atom. The molecular weight excluding hydrogens is 387 g/mol. The number of anilines is 3. The van der Waals surface area contributed by atoms with Crippen LogP contribution in [0.25, 0.3) is 0 Å². The Morgan fingerprint density at radius 3 is 2.67 bits per heavy atom. The molecule has 0 aliphatic carbocycles. The van der Waals surface area contributed by atoms with E-state index < -0.39 is 5.41 Å². The summed E-state index contributed by atoms with van der Waals surface area (Å²) in [6.07, 6.45) is 5.01. The van der Waals surface area contributed by atoms with E-state index in [-0.39, 0.29) is 24.4 Å². The first-order valence-corrected chi connectivity index (χ1v) is 9.68. The highest BCUT2D eigenvalue weighted by Gasteiger charge is 2.47. The number of benzene rings is 1. The molecule has 1 amide bonds. The molecule has 4 rings (SSSR count). The predicted molar refractivity (Wildman–Crippen MR) is 110 cm³/mol. The van der Waals surface area contributed by atoms with Gasteiger partial charge in [0.1, 0.15) is 11.6 Å². The van der Waals surface area contributed by atoms with E-state index in [0.29, 0.717) is 24.0 Å². The zero-order valence-corrected chi connectivity index (χ0v) is 17.0. The number of nitrogens with zero attached hydrogens (tertiary/aromatic N) is 5. The molecule has 30 heavy (non-hydrogen) atoms. The maximum absolute atomic E-state index is 13.3. The Balaban J connectivity index is 1.68. The van der Waals surface area contributed by atoms with Gasteiger partial charge in [0, 0.05) is 18.0 Å². The van der Waals surface area contributed by atoms with Crippen LogP contribution in [-0.4, -0.2) is 37.4 Å². The van der Waals surface area contributed by atoms with Crippen LogP contribution in [0, 0.1) is 5.82 Å². The van der Waals surface area contributed by atoms with Crippen molar-refractivity contribution in [3.05, 3.63) is 59.8 Å². The molecule has 156 valence electrons. The number of rotatable bonds is 6. The van der Waals surface area contributed by atoms with Crippen molar-refractivity contribution in [3.63, 3.8) is 0 Å². The number of amides is 1. The summed E-state index contributed by atoms with van der Waals surface area (Å²) in [7, 11) is 0. The predicted octanol–water partition coefficient (Wildman–Crippen LogP) is 2.93. The first kappa shape index (κ1) is 20.0. The second kappa shape index (κ2) is 7.49. The van der Waals surface area contributed by atoms with Gasteiger partial charge in [-0.15, -0.1) is 0 Å². The zero-order valence-electron chi connectivity index (χ0n) is 17.0. The lowest BCUT2D eigenvalue weighted by atomic mass is 9.88. The average molecular weight is 410 g/mol. The van der Waals surface area contributed by atoms with Gasteiger partial charge in [-0.2, -0.15) is 10.1 Å². The molecule has 2 aromatic heterocycles. The van der Waals surface area contributed by atoms with Gasteiger partial charge in [0.25, 0.3) is 0 Å². The van der Waals surface area contributed by atoms with Gasteiger partial charge in [0.15, 0.2) is 0 Å². The molecule has 0 radical (unpaired) electrons. The van der Waals surface area contributed by atoms with E-state index in [1.165, 1.54) is 12.1 Å². The molecule has 0 spiro atoms. The molecule has 2 N–H and O–H groups in total. The Kier molecular flexibility index (Phi) is 4.98. The van der Waals surface area contributed by atoms with E-state index in [4.69, 9.17) is 5.11 Å². The lowest BCUT2D eigenvalue weighted by molar-refractivity contribution is -0.122. The Labute approximate surface area is 173 Å². The number of aliphatic hydroxyl groups excluding tert-OH is 1. The molecule has 8 nitrogen and oxygen atoms in total. The van der Waals surface area contributed by atoms with Crippen molar-refractivity contribution in [1.82, 2.24) is 19.7 Å². The highest BCUT2D eigenvalue weighted by atomic mass is 19.1. The van der Waals surface area contributed by atoms with Crippen LogP contribution < -0.4 is 10.2 Å². The molecule has 3 aromatic rings. The number of aromatic nitrogens is 4. The number of fused-ring (bicyclic) bond motifs is 1. The number of nitrogens with one attached hydrogen (secondary N) is 1. The van der Waals surface area contributed by atoms with Gasteiger partial charge in [-0.05, 0) is 38.5 Å². The van der Waals surface area contributed by atoms with Gasteiger partial charge in [-0.25, -0.2) is 9.37 Å². The minimum atomic E-state index is -0.770. The van der Waals surface area contributed by atoms with Gasteiger partial charge >= 0.3 is 0 Å². The number of carbonyl (C=O) groups is 1. The summed E-state index contributed by atoms with van der Waals surface area (Å²) in [6, 6.07) is 5.79. The third-order valence-electron chi connectivity index (χ3n) is 5.38. The SMILES string of the molecule is C[C@@H](c1ccc(F)cc1)N1C(=O)C(C)(C)c2cnc(Nc3cnn(CCO)c3)nc21. The number of hydrogen-bond acceptors (Lipinski definition) is 6. The largest absolute Gasteiger partial charge is 0.394 e. The van der Waals surface area contributed by atoms with E-state index >= 15 is 0 Å². The van der Waals surface area contributed by atoms with E-state index in [1.807, 2.05) is 20.8 Å². The number of carbonyl (C=O) groups excluding carboxylic acids is 1. The molecular formula is C21H23FN6O2. The molecule has 0 saturated heterocycles. The van der Waals surface area contributed by atoms with Crippen LogP contribution in [0.4, 0.5) is 21.8 Å². The average Bonchev–Trinajstić information content (AvgIpc) is 3.23. The molecule has 0 saturated carbocycles. The number of halogens is 1. The summed E-state index contributed by atoms with van der Waals surface area (Å²) in [5.74, 6) is 0.452. The fraction of sp³-hybridized carbons (Fsp3) is 0.333. The van der Waals surface area contributed by atoms with Crippen molar-refractivity contribution in [3.8, 4) is 0 Å². The van der Waals surface area contributed by atoms with Crippen LogP contribution in [0.2, 0.25) is 0 Å². The fourth-order valence-corrected chi connectivity index (χ4v) is 3.60. The second-order valence-corrected chi connectivity index (χ2v) is 7.80. The molecule has 3 heterocycles. The highest BCUT2D eigenvalue weighted by Crippen LogP contribution is 2.44. The van der Waals surface area contributed by atoms with Gasteiger partial charge in [-0.1, -0.05) is 12.1 Å². The van der Waals surface area contributed by atoms with E-state index in [1.54, 1.807) is 40.3 Å². The van der Waals surface area contributed by atoms with Crippen molar-refractivity contribution < 1.29 is 14.3 Å². The third kappa shape index (κ3) is 3.41. The summed E-state index contributed by atoms with van der Waals surface area (Å²) in [5, 5.41) is 16.3. The van der Waals surface area contributed by atoms with E-state index in [2.05, 4.69) is 20.4 Å². The summed E-state index contributed by atoms with van der Waals surface area (Å²) in [6.45, 7) is 5.97. The minimum Gasteiger partial charge on any atom is -0.394 e. The van der Waals surface area contributed by atoms with Crippen LogP contribution >= 0.6 is 0 Å². The summed E-state index contributed by atoms with van der Waals surface area (Å²) < 4.78 is 14.9. The van der Waals surface area contributed by atoms with Gasteiger partial charge in [0.2, 0.25) is 11.9 Å². The molecule has 1 atom stereocenters. The summed E-state index contributed by atoms with van der Waals surface area (Å²) in [5.41, 5.74) is 1.45. The standard InChI is InChI=1S/C21H23FN6O2/c1-13(14-4-6-15(22)7-5-14)28-18-17(21(2,3)19(28)30)11-23-20(26-18)25-16-10-24-27(12-16)8-9-29/h4-7,10-13,29H,8-9H2,1-3H3,(H,23,25,26)/t13-/m0/s1. The normalized spacial score (nSPS) is 15.9. The van der Waals surface area contributed by atoms with Gasteiger partial charge in [0.05, 0.1) is 36.5 Å². The maximum Gasteiger partial charge on any atom is 0.239 e. The zero-order chi connectivity index (χ0) is 21.5. The topological polar surface area (TPSA) is 96.2 Å². The first-order chi connectivity index (χ1) is 14.3. The molecule has 1 aromatic carbocycles. The first-order valence-electron chi connectivity index (χ1n) is 9.68. The van der Waals surface area contributed by atoms with Gasteiger partial charge < -0.3 is 10.4 Å². The summed E-state index contributed by atoms with van der Waals surface area (Å²) in [4.78, 5) is 23.9. The van der Waals surface area contributed by atoms with Crippen LogP contribution in [0.1, 0.15) is 37.9 Å².